The van der Waals surface area contributed by atoms with Gasteiger partial charge in [0, 0.05) is 22.3 Å². The van der Waals surface area contributed by atoms with E-state index in [2.05, 4.69) is 22.8 Å². The Hall–Kier alpha value is -3.31. The number of carbonyl (C=O) groups excluding carboxylic acids is 2. The third kappa shape index (κ3) is 6.14. The molecule has 170 valence electrons. The summed E-state index contributed by atoms with van der Waals surface area (Å²) in [6.07, 6.45) is 2.36. The topological polar surface area (TPSA) is 67.4 Å². The van der Waals surface area contributed by atoms with Gasteiger partial charge in [-0.15, -0.1) is 0 Å². The first-order valence-corrected chi connectivity index (χ1v) is 11.5. The van der Waals surface area contributed by atoms with Gasteiger partial charge in [0.15, 0.2) is 0 Å². The lowest BCUT2D eigenvalue weighted by atomic mass is 9.95. The van der Waals surface area contributed by atoms with E-state index in [1.54, 1.807) is 30.3 Å². The van der Waals surface area contributed by atoms with Crippen LogP contribution in [0.4, 0.5) is 5.69 Å². The summed E-state index contributed by atoms with van der Waals surface area (Å²) in [6, 6.07) is 22.6. The molecule has 0 saturated carbocycles. The van der Waals surface area contributed by atoms with Gasteiger partial charge in [0.25, 0.3) is 5.91 Å². The first-order chi connectivity index (χ1) is 16.0. The third-order valence-corrected chi connectivity index (χ3v) is 6.05. The Morgan fingerprint density at radius 1 is 1.06 bits per heavy atom. The van der Waals surface area contributed by atoms with Gasteiger partial charge < -0.3 is 15.4 Å². The summed E-state index contributed by atoms with van der Waals surface area (Å²) >= 11 is 5.89. The minimum Gasteiger partial charge on any atom is -0.492 e. The summed E-state index contributed by atoms with van der Waals surface area (Å²) in [6.45, 7) is 2.38. The number of anilines is 1. The van der Waals surface area contributed by atoms with Crippen LogP contribution in [0, 0.1) is 5.92 Å². The van der Waals surface area contributed by atoms with Crippen molar-refractivity contribution in [2.45, 2.75) is 32.2 Å². The van der Waals surface area contributed by atoms with Crippen molar-refractivity contribution in [1.29, 1.82) is 0 Å². The minimum absolute atomic E-state index is 0.00295. The van der Waals surface area contributed by atoms with Crippen LogP contribution in [0.1, 0.15) is 34.8 Å². The van der Waals surface area contributed by atoms with Crippen LogP contribution in [0.2, 0.25) is 5.02 Å². The highest BCUT2D eigenvalue weighted by atomic mass is 35.5. The van der Waals surface area contributed by atoms with E-state index in [9.17, 15) is 9.59 Å². The van der Waals surface area contributed by atoms with Gasteiger partial charge in [-0.1, -0.05) is 41.9 Å². The van der Waals surface area contributed by atoms with Crippen LogP contribution < -0.4 is 15.4 Å². The Morgan fingerprint density at radius 3 is 2.58 bits per heavy atom. The van der Waals surface area contributed by atoms with E-state index >= 15 is 0 Å². The van der Waals surface area contributed by atoms with Gasteiger partial charge in [-0.25, -0.2) is 0 Å². The van der Waals surface area contributed by atoms with Gasteiger partial charge in [-0.2, -0.15) is 0 Å². The van der Waals surface area contributed by atoms with E-state index < -0.39 is 0 Å². The molecule has 33 heavy (non-hydrogen) atoms. The van der Waals surface area contributed by atoms with Crippen molar-refractivity contribution >= 4 is 29.1 Å². The van der Waals surface area contributed by atoms with E-state index in [-0.39, 0.29) is 23.8 Å². The molecular formula is C27H27ClN2O3. The Balaban J connectivity index is 1.33. The van der Waals surface area contributed by atoms with Crippen molar-refractivity contribution in [1.82, 2.24) is 5.32 Å². The average Bonchev–Trinajstić information content (AvgIpc) is 2.83. The van der Waals surface area contributed by atoms with Crippen LogP contribution in [0.15, 0.2) is 72.8 Å². The second kappa shape index (κ2) is 10.5. The molecule has 1 aliphatic heterocycles. The molecule has 2 amide bonds. The molecule has 2 atom stereocenters. The molecule has 0 radical (unpaired) electrons. The molecule has 0 aliphatic carbocycles. The molecule has 3 aromatic rings. The SMILES string of the molecule is C[C@H](CCc1ccccc1)NC(=O)[C@@H]1COc2ccc(NC(=O)c3ccc(Cl)cc3)cc2C1. The van der Waals surface area contributed by atoms with Gasteiger partial charge in [-0.3, -0.25) is 9.59 Å². The van der Waals surface area contributed by atoms with Crippen LogP contribution >= 0.6 is 11.6 Å². The van der Waals surface area contributed by atoms with E-state index in [4.69, 9.17) is 16.3 Å². The Morgan fingerprint density at radius 2 is 1.82 bits per heavy atom. The first kappa shape index (κ1) is 22.9. The maximum Gasteiger partial charge on any atom is 0.255 e. The van der Waals surface area contributed by atoms with Crippen LogP contribution in [0.25, 0.3) is 0 Å². The highest BCUT2D eigenvalue weighted by Gasteiger charge is 2.27. The normalized spacial score (nSPS) is 15.6. The van der Waals surface area contributed by atoms with Crippen LogP contribution in [0.3, 0.4) is 0 Å². The average molecular weight is 463 g/mol. The predicted molar refractivity (Wildman–Crippen MR) is 131 cm³/mol. The quantitative estimate of drug-likeness (QED) is 0.502. The van der Waals surface area contributed by atoms with E-state index in [0.29, 0.717) is 29.3 Å². The molecule has 2 N–H and O–H groups in total. The first-order valence-electron chi connectivity index (χ1n) is 11.1. The lowest BCUT2D eigenvalue weighted by Gasteiger charge is -2.26. The molecule has 1 aliphatic rings. The highest BCUT2D eigenvalue weighted by molar-refractivity contribution is 6.30. The molecule has 0 aromatic heterocycles. The largest absolute Gasteiger partial charge is 0.492 e. The Labute approximate surface area is 199 Å². The van der Waals surface area contributed by atoms with Gasteiger partial charge in [0.1, 0.15) is 12.4 Å². The number of amides is 2. The number of hydrogen-bond donors (Lipinski definition) is 2. The number of ether oxygens (including phenoxy) is 1. The van der Waals surface area contributed by atoms with Crippen LogP contribution in [0.5, 0.6) is 5.75 Å². The molecule has 0 spiro atoms. The molecule has 0 saturated heterocycles. The number of rotatable bonds is 7. The summed E-state index contributed by atoms with van der Waals surface area (Å²) in [5.41, 5.74) is 3.36. The summed E-state index contributed by atoms with van der Waals surface area (Å²) in [4.78, 5) is 25.3. The van der Waals surface area contributed by atoms with E-state index in [0.717, 1.165) is 24.2 Å². The fourth-order valence-corrected chi connectivity index (χ4v) is 4.03. The molecule has 0 fully saturated rings. The molecule has 6 heteroatoms. The van der Waals surface area contributed by atoms with Crippen molar-refractivity contribution < 1.29 is 14.3 Å². The zero-order valence-corrected chi connectivity index (χ0v) is 19.3. The molecule has 0 unspecified atom stereocenters. The number of halogens is 1. The molecule has 5 nitrogen and oxygen atoms in total. The van der Waals surface area contributed by atoms with Gasteiger partial charge >= 0.3 is 0 Å². The molecule has 0 bridgehead atoms. The van der Waals surface area contributed by atoms with Crippen LogP contribution in [-0.4, -0.2) is 24.5 Å². The van der Waals surface area contributed by atoms with Crippen molar-refractivity contribution in [3.05, 3.63) is 94.5 Å². The van der Waals surface area contributed by atoms with E-state index in [1.807, 2.05) is 37.3 Å². The van der Waals surface area contributed by atoms with E-state index in [1.165, 1.54) is 5.56 Å². The van der Waals surface area contributed by atoms with Gasteiger partial charge in [0.05, 0.1) is 5.92 Å². The maximum atomic E-state index is 12.8. The summed E-state index contributed by atoms with van der Waals surface area (Å²) in [7, 11) is 0. The number of carbonyl (C=O) groups is 2. The number of hydrogen-bond acceptors (Lipinski definition) is 3. The highest BCUT2D eigenvalue weighted by Crippen LogP contribution is 2.30. The van der Waals surface area contributed by atoms with Crippen molar-refractivity contribution in [2.24, 2.45) is 5.92 Å². The zero-order chi connectivity index (χ0) is 23.2. The number of aryl methyl sites for hydroxylation is 1. The minimum atomic E-state index is -0.265. The Bertz CT molecular complexity index is 1120. The second-order valence-corrected chi connectivity index (χ2v) is 8.87. The lowest BCUT2D eigenvalue weighted by molar-refractivity contribution is -0.126. The zero-order valence-electron chi connectivity index (χ0n) is 18.5. The third-order valence-electron chi connectivity index (χ3n) is 5.80. The summed E-state index contributed by atoms with van der Waals surface area (Å²) < 4.78 is 5.84. The maximum absolute atomic E-state index is 12.8. The van der Waals surface area contributed by atoms with Crippen molar-refractivity contribution in [2.75, 3.05) is 11.9 Å². The fraction of sp³-hybridized carbons (Fsp3) is 0.259. The van der Waals surface area contributed by atoms with Crippen LogP contribution in [-0.2, 0) is 17.6 Å². The van der Waals surface area contributed by atoms with Gasteiger partial charge in [-0.05, 0) is 79.8 Å². The number of benzene rings is 3. The number of fused-ring (bicyclic) bond motifs is 1. The monoisotopic (exact) mass is 462 g/mol. The summed E-state index contributed by atoms with van der Waals surface area (Å²) in [5.74, 6) is 0.265. The molecular weight excluding hydrogens is 436 g/mol. The van der Waals surface area contributed by atoms with Gasteiger partial charge in [0.2, 0.25) is 5.91 Å². The van der Waals surface area contributed by atoms with Crippen molar-refractivity contribution in [3.8, 4) is 5.75 Å². The fourth-order valence-electron chi connectivity index (χ4n) is 3.91. The second-order valence-electron chi connectivity index (χ2n) is 8.43. The summed E-state index contributed by atoms with van der Waals surface area (Å²) in [5, 5.41) is 6.60. The Kier molecular flexibility index (Phi) is 7.30. The lowest BCUT2D eigenvalue weighted by Crippen LogP contribution is -2.41. The van der Waals surface area contributed by atoms with Crippen molar-refractivity contribution in [3.63, 3.8) is 0 Å². The smallest absolute Gasteiger partial charge is 0.255 e. The standard InChI is InChI=1S/C27H27ClN2O3/c1-18(7-8-19-5-3-2-4-6-19)29-27(32)22-15-21-16-24(13-14-25(21)33-17-22)30-26(31)20-9-11-23(28)12-10-20/h2-6,9-14,16,18,22H,7-8,15,17H2,1H3,(H,29,32)(H,30,31)/t18-,22+/m1/s1. The predicted octanol–water partition coefficient (Wildman–Crippen LogP) is 5.28. The molecule has 4 rings (SSSR count). The number of nitrogens with one attached hydrogen (secondary N) is 2. The molecule has 1 heterocycles. The molecule has 3 aromatic carbocycles.